The Morgan fingerprint density at radius 1 is 1.33 bits per heavy atom. The summed E-state index contributed by atoms with van der Waals surface area (Å²) in [6.07, 6.45) is 0. The average Bonchev–Trinajstić information content (AvgIpc) is 2.41. The van der Waals surface area contributed by atoms with Gasteiger partial charge < -0.3 is 5.32 Å². The summed E-state index contributed by atoms with van der Waals surface area (Å²) >= 11 is 8.72. The van der Waals surface area contributed by atoms with Crippen LogP contribution in [0.1, 0.15) is 10.4 Å². The van der Waals surface area contributed by atoms with Crippen LogP contribution in [0.25, 0.3) is 0 Å². The molecule has 0 saturated carbocycles. The minimum atomic E-state index is -0.806. The first-order valence-corrected chi connectivity index (χ1v) is 6.76. The number of rotatable bonds is 3. The normalized spacial score (nSPS) is 10.2. The van der Waals surface area contributed by atoms with Gasteiger partial charge in [-0.1, -0.05) is 17.7 Å². The Morgan fingerprint density at radius 2 is 2.05 bits per heavy atom. The predicted molar refractivity (Wildman–Crippen MR) is 80.2 cm³/mol. The third-order valence-electron chi connectivity index (χ3n) is 2.60. The van der Waals surface area contributed by atoms with Crippen LogP contribution in [0.4, 0.5) is 15.8 Å². The molecule has 0 aliphatic heterocycles. The van der Waals surface area contributed by atoms with E-state index in [0.717, 1.165) is 6.07 Å². The van der Waals surface area contributed by atoms with Gasteiger partial charge in [0, 0.05) is 11.1 Å². The number of carbonyl (C=O) groups excluding carboxylic acids is 1. The van der Waals surface area contributed by atoms with Crippen molar-refractivity contribution in [3.8, 4) is 0 Å². The number of hydrogen-bond donors (Lipinski definition) is 1. The minimum absolute atomic E-state index is 0.100. The van der Waals surface area contributed by atoms with E-state index in [0.29, 0.717) is 0 Å². The summed E-state index contributed by atoms with van der Waals surface area (Å²) in [4.78, 5) is 22.3. The van der Waals surface area contributed by atoms with Gasteiger partial charge in [0.1, 0.15) is 11.5 Å². The lowest BCUT2D eigenvalue weighted by molar-refractivity contribution is -0.383. The topological polar surface area (TPSA) is 72.2 Å². The molecule has 2 rings (SSSR count). The predicted octanol–water partition coefficient (Wildman–Crippen LogP) is 4.40. The van der Waals surface area contributed by atoms with E-state index < -0.39 is 16.6 Å². The number of hydrogen-bond acceptors (Lipinski definition) is 3. The van der Waals surface area contributed by atoms with Crippen molar-refractivity contribution in [1.82, 2.24) is 0 Å². The highest BCUT2D eigenvalue weighted by Crippen LogP contribution is 2.28. The zero-order valence-corrected chi connectivity index (χ0v) is 12.6. The van der Waals surface area contributed by atoms with Crippen molar-refractivity contribution in [2.45, 2.75) is 0 Å². The molecule has 0 saturated heterocycles. The quantitative estimate of drug-likeness (QED) is 0.640. The van der Waals surface area contributed by atoms with Crippen LogP contribution >= 0.6 is 27.5 Å². The maximum absolute atomic E-state index is 13.8. The molecule has 0 spiro atoms. The van der Waals surface area contributed by atoms with Gasteiger partial charge in [-0.3, -0.25) is 14.9 Å². The summed E-state index contributed by atoms with van der Waals surface area (Å²) in [6, 6.07) is 7.91. The first kappa shape index (κ1) is 15.4. The van der Waals surface area contributed by atoms with Crippen LogP contribution in [0.3, 0.4) is 0 Å². The molecule has 8 heteroatoms. The van der Waals surface area contributed by atoms with Crippen LogP contribution in [-0.4, -0.2) is 10.8 Å². The number of halogens is 3. The lowest BCUT2D eigenvalue weighted by atomic mass is 10.2. The third-order valence-corrected chi connectivity index (χ3v) is 3.45. The van der Waals surface area contributed by atoms with E-state index >= 15 is 0 Å². The summed E-state index contributed by atoms with van der Waals surface area (Å²) in [5, 5.41) is 13.4. The number of carbonyl (C=O) groups is 1. The largest absolute Gasteiger partial charge is 0.316 e. The Labute approximate surface area is 132 Å². The number of nitrogens with zero attached hydrogens (tertiary/aromatic N) is 1. The van der Waals surface area contributed by atoms with Gasteiger partial charge in [-0.2, -0.15) is 0 Å². The van der Waals surface area contributed by atoms with E-state index in [1.165, 1.54) is 30.3 Å². The van der Waals surface area contributed by atoms with Crippen LogP contribution in [0.2, 0.25) is 5.02 Å². The van der Waals surface area contributed by atoms with Gasteiger partial charge in [-0.25, -0.2) is 4.39 Å². The molecule has 0 bridgehead atoms. The van der Waals surface area contributed by atoms with Gasteiger partial charge >= 0.3 is 0 Å². The Morgan fingerprint density at radius 3 is 2.71 bits per heavy atom. The molecule has 0 unspecified atom stereocenters. The highest BCUT2D eigenvalue weighted by molar-refractivity contribution is 9.10. The smallest absolute Gasteiger partial charge is 0.292 e. The molecule has 0 aromatic heterocycles. The lowest BCUT2D eigenvalue weighted by Crippen LogP contribution is -2.15. The van der Waals surface area contributed by atoms with Gasteiger partial charge in [0.25, 0.3) is 11.6 Å². The first-order valence-electron chi connectivity index (χ1n) is 5.59. The fraction of sp³-hybridized carbons (Fsp3) is 0. The Balaban J connectivity index is 2.38. The molecule has 5 nitrogen and oxygen atoms in total. The molecule has 0 aliphatic rings. The summed E-state index contributed by atoms with van der Waals surface area (Å²) in [5.74, 6) is -1.56. The Bertz CT molecular complexity index is 739. The van der Waals surface area contributed by atoms with Crippen LogP contribution < -0.4 is 5.32 Å². The maximum atomic E-state index is 13.8. The van der Waals surface area contributed by atoms with Gasteiger partial charge in [0.15, 0.2) is 0 Å². The molecule has 21 heavy (non-hydrogen) atoms. The Kier molecular flexibility index (Phi) is 4.54. The summed E-state index contributed by atoms with van der Waals surface area (Å²) < 4.78 is 13.9. The molecule has 0 heterocycles. The van der Waals surface area contributed by atoms with Crippen molar-refractivity contribution in [2.75, 3.05) is 5.32 Å². The van der Waals surface area contributed by atoms with E-state index in [1.807, 2.05) is 0 Å². The lowest BCUT2D eigenvalue weighted by Gasteiger charge is -2.08. The molecule has 108 valence electrons. The second-order valence-corrected chi connectivity index (χ2v) is 5.26. The zero-order chi connectivity index (χ0) is 15.6. The number of nitro groups is 1. The van der Waals surface area contributed by atoms with Crippen LogP contribution in [-0.2, 0) is 0 Å². The molecule has 2 aromatic rings. The highest BCUT2D eigenvalue weighted by atomic mass is 79.9. The van der Waals surface area contributed by atoms with E-state index in [9.17, 15) is 19.3 Å². The maximum Gasteiger partial charge on any atom is 0.292 e. The van der Waals surface area contributed by atoms with Crippen molar-refractivity contribution in [1.29, 1.82) is 0 Å². The van der Waals surface area contributed by atoms with Crippen molar-refractivity contribution in [3.63, 3.8) is 0 Å². The molecule has 1 amide bonds. The molecular weight excluding hydrogens is 367 g/mol. The van der Waals surface area contributed by atoms with E-state index in [4.69, 9.17) is 11.6 Å². The second-order valence-electron chi connectivity index (χ2n) is 3.97. The van der Waals surface area contributed by atoms with E-state index in [-0.39, 0.29) is 26.4 Å². The molecule has 0 aliphatic carbocycles. The van der Waals surface area contributed by atoms with Crippen molar-refractivity contribution < 1.29 is 14.1 Å². The molecular formula is C13H7BrClFN2O3. The van der Waals surface area contributed by atoms with Gasteiger partial charge in [0.2, 0.25) is 0 Å². The fourth-order valence-corrected chi connectivity index (χ4v) is 2.17. The molecule has 0 atom stereocenters. The number of amides is 1. The van der Waals surface area contributed by atoms with E-state index in [2.05, 4.69) is 21.2 Å². The van der Waals surface area contributed by atoms with Gasteiger partial charge in [-0.15, -0.1) is 0 Å². The highest BCUT2D eigenvalue weighted by Gasteiger charge is 2.19. The SMILES string of the molecule is O=C(Nc1cc(Cl)ccc1[N+](=O)[O-])c1cccc(Br)c1F. The van der Waals surface area contributed by atoms with E-state index in [1.54, 1.807) is 0 Å². The molecule has 1 N–H and O–H groups in total. The average molecular weight is 374 g/mol. The first-order chi connectivity index (χ1) is 9.90. The second kappa shape index (κ2) is 6.19. The van der Waals surface area contributed by atoms with Crippen molar-refractivity contribution in [2.24, 2.45) is 0 Å². The van der Waals surface area contributed by atoms with Gasteiger partial charge in [0.05, 0.1) is 15.0 Å². The summed E-state index contributed by atoms with van der Waals surface area (Å²) in [6.45, 7) is 0. The molecule has 0 fully saturated rings. The number of nitrogens with one attached hydrogen (secondary N) is 1. The number of nitro benzene ring substituents is 1. The minimum Gasteiger partial charge on any atom is -0.316 e. The van der Waals surface area contributed by atoms with Crippen LogP contribution in [0.5, 0.6) is 0 Å². The number of benzene rings is 2. The molecule has 0 radical (unpaired) electrons. The number of anilines is 1. The Hall–Kier alpha value is -1.99. The van der Waals surface area contributed by atoms with Crippen molar-refractivity contribution in [3.05, 3.63) is 67.4 Å². The third kappa shape index (κ3) is 3.37. The van der Waals surface area contributed by atoms with Crippen LogP contribution in [0.15, 0.2) is 40.9 Å². The monoisotopic (exact) mass is 372 g/mol. The zero-order valence-electron chi connectivity index (χ0n) is 10.3. The standard InChI is InChI=1S/C13H7BrClFN2O3/c14-9-3-1-2-8(12(9)16)13(19)17-10-6-7(15)4-5-11(10)18(20)21/h1-6H,(H,17,19). The fourth-order valence-electron chi connectivity index (χ4n) is 1.64. The molecule has 2 aromatic carbocycles. The van der Waals surface area contributed by atoms with Gasteiger partial charge in [-0.05, 0) is 40.2 Å². The van der Waals surface area contributed by atoms with Crippen LogP contribution in [0, 0.1) is 15.9 Å². The van der Waals surface area contributed by atoms with Crippen molar-refractivity contribution >= 4 is 44.8 Å². The summed E-state index contributed by atoms with van der Waals surface area (Å²) in [7, 11) is 0. The summed E-state index contributed by atoms with van der Waals surface area (Å²) in [5.41, 5.74) is -0.668.